The van der Waals surface area contributed by atoms with Crippen LogP contribution in [0.15, 0.2) is 0 Å². The number of carboxylic acid groups (broad SMARTS) is 3. The second-order valence-electron chi connectivity index (χ2n) is 5.17. The van der Waals surface area contributed by atoms with Crippen molar-refractivity contribution in [2.45, 2.75) is 58.5 Å². The highest BCUT2D eigenvalue weighted by molar-refractivity contribution is 5.91. The topological polar surface area (TPSA) is 138 Å². The molecule has 3 N–H and O–H groups in total. The van der Waals surface area contributed by atoms with Gasteiger partial charge >= 0.3 is 23.9 Å². The summed E-state index contributed by atoms with van der Waals surface area (Å²) >= 11 is 0. The first-order valence-corrected chi connectivity index (χ1v) is 6.99. The monoisotopic (exact) mass is 318 g/mol. The summed E-state index contributed by atoms with van der Waals surface area (Å²) in [6.45, 7) is 5.18. The molecule has 0 unspecified atom stereocenters. The smallest absolute Gasteiger partial charge is 0.349 e. The van der Waals surface area contributed by atoms with Gasteiger partial charge in [0.25, 0.3) is 0 Å². The Labute approximate surface area is 128 Å². The highest BCUT2D eigenvalue weighted by atomic mass is 16.6. The molecule has 0 aliphatic rings. The lowest BCUT2D eigenvalue weighted by atomic mass is 9.79. The van der Waals surface area contributed by atoms with Gasteiger partial charge < -0.3 is 20.1 Å². The lowest BCUT2D eigenvalue weighted by molar-refractivity contribution is -0.193. The maximum absolute atomic E-state index is 12.4. The Bertz CT molecular complexity index is 425. The minimum Gasteiger partial charge on any atom is -0.481 e. The van der Waals surface area contributed by atoms with Gasteiger partial charge in [-0.05, 0) is 19.3 Å². The van der Waals surface area contributed by atoms with E-state index in [1.165, 1.54) is 0 Å². The maximum atomic E-state index is 12.4. The number of rotatable bonds is 10. The Balaban J connectivity index is 5.70. The third-order valence-electron chi connectivity index (χ3n) is 4.01. The highest BCUT2D eigenvalue weighted by Gasteiger charge is 2.50. The van der Waals surface area contributed by atoms with E-state index in [0.29, 0.717) is 19.3 Å². The summed E-state index contributed by atoms with van der Waals surface area (Å²) < 4.78 is 4.96. The second kappa shape index (κ2) is 7.77. The molecule has 0 saturated carbocycles. The zero-order valence-electron chi connectivity index (χ0n) is 12.9. The molecule has 8 heteroatoms. The molecule has 0 aromatic rings. The van der Waals surface area contributed by atoms with E-state index < -0.39 is 47.7 Å². The first-order valence-electron chi connectivity index (χ1n) is 6.99. The number of hydrogen-bond acceptors (Lipinski definition) is 5. The van der Waals surface area contributed by atoms with Crippen LogP contribution in [-0.4, -0.2) is 44.8 Å². The van der Waals surface area contributed by atoms with Gasteiger partial charge in [-0.1, -0.05) is 20.8 Å². The van der Waals surface area contributed by atoms with Gasteiger partial charge in [-0.3, -0.25) is 14.4 Å². The normalized spacial score (nSPS) is 11.8. The fourth-order valence-electron chi connectivity index (χ4n) is 2.29. The number of aliphatic carboxylic acids is 3. The number of esters is 1. The molecule has 0 aromatic carbocycles. The quantitative estimate of drug-likeness (QED) is 0.515. The first kappa shape index (κ1) is 19.9. The zero-order valence-corrected chi connectivity index (χ0v) is 12.9. The van der Waals surface area contributed by atoms with Crippen molar-refractivity contribution in [3.05, 3.63) is 0 Å². The molecule has 22 heavy (non-hydrogen) atoms. The summed E-state index contributed by atoms with van der Waals surface area (Å²) in [7, 11) is 0. The van der Waals surface area contributed by atoms with E-state index >= 15 is 0 Å². The average Bonchev–Trinajstić information content (AvgIpc) is 2.39. The van der Waals surface area contributed by atoms with Crippen LogP contribution in [0.1, 0.15) is 52.9 Å². The molecule has 0 fully saturated rings. The Morgan fingerprint density at radius 1 is 0.818 bits per heavy atom. The van der Waals surface area contributed by atoms with Gasteiger partial charge in [-0.2, -0.15) is 0 Å². The molecule has 0 heterocycles. The third-order valence-corrected chi connectivity index (χ3v) is 4.01. The fourth-order valence-corrected chi connectivity index (χ4v) is 2.29. The Kier molecular flexibility index (Phi) is 7.02. The predicted octanol–water partition coefficient (Wildman–Crippen LogP) is 1.52. The first-order chi connectivity index (χ1) is 10.1. The lowest BCUT2D eigenvalue weighted by Gasteiger charge is -2.33. The van der Waals surface area contributed by atoms with Crippen LogP contribution in [0.2, 0.25) is 0 Å². The van der Waals surface area contributed by atoms with Gasteiger partial charge in [0, 0.05) is 0 Å². The fraction of sp³-hybridized carbons (Fsp3) is 0.714. The molecule has 0 saturated heterocycles. The van der Waals surface area contributed by atoms with Crippen molar-refractivity contribution in [1.82, 2.24) is 0 Å². The van der Waals surface area contributed by atoms with E-state index in [4.69, 9.17) is 14.9 Å². The van der Waals surface area contributed by atoms with E-state index in [9.17, 15) is 24.3 Å². The van der Waals surface area contributed by atoms with Gasteiger partial charge in [-0.15, -0.1) is 0 Å². The predicted molar refractivity (Wildman–Crippen MR) is 74.3 cm³/mol. The molecule has 0 aromatic heterocycles. The summed E-state index contributed by atoms with van der Waals surface area (Å²) in [5.41, 5.74) is -3.57. The van der Waals surface area contributed by atoms with E-state index in [1.807, 2.05) is 0 Å². The Morgan fingerprint density at radius 2 is 1.18 bits per heavy atom. The van der Waals surface area contributed by atoms with Crippen LogP contribution in [0.3, 0.4) is 0 Å². The molecule has 126 valence electrons. The molecule has 0 aliphatic heterocycles. The van der Waals surface area contributed by atoms with Crippen LogP contribution in [0.25, 0.3) is 0 Å². The van der Waals surface area contributed by atoms with Crippen molar-refractivity contribution in [3.8, 4) is 0 Å². The lowest BCUT2D eigenvalue weighted by Crippen LogP contribution is -2.49. The van der Waals surface area contributed by atoms with Crippen molar-refractivity contribution in [3.63, 3.8) is 0 Å². The number of carbonyl (C=O) groups excluding carboxylic acids is 1. The van der Waals surface area contributed by atoms with Crippen LogP contribution in [0.4, 0.5) is 0 Å². The maximum Gasteiger partial charge on any atom is 0.349 e. The standard InChI is InChI=1S/C14H22O8/c1-4-13(5-2,6-3)12(21)22-14(11(19)20,7-9(15)16)8-10(17)18/h4-8H2,1-3H3,(H,15,16)(H,17,18)(H,19,20). The second-order valence-corrected chi connectivity index (χ2v) is 5.17. The van der Waals surface area contributed by atoms with E-state index in [2.05, 4.69) is 0 Å². The highest BCUT2D eigenvalue weighted by Crippen LogP contribution is 2.35. The molecular formula is C14H22O8. The molecule has 0 atom stereocenters. The van der Waals surface area contributed by atoms with Crippen molar-refractivity contribution in [1.29, 1.82) is 0 Å². The minimum atomic E-state index is -2.61. The Hall–Kier alpha value is -2.12. The molecule has 0 rings (SSSR count). The number of carbonyl (C=O) groups is 4. The minimum absolute atomic E-state index is 0.370. The van der Waals surface area contributed by atoms with Gasteiger partial charge in [0.2, 0.25) is 5.60 Å². The van der Waals surface area contributed by atoms with E-state index in [-0.39, 0.29) is 0 Å². The average molecular weight is 318 g/mol. The van der Waals surface area contributed by atoms with Crippen LogP contribution in [-0.2, 0) is 23.9 Å². The van der Waals surface area contributed by atoms with Crippen molar-refractivity contribution in [2.24, 2.45) is 5.41 Å². The largest absolute Gasteiger partial charge is 0.481 e. The zero-order chi connectivity index (χ0) is 17.6. The molecule has 8 nitrogen and oxygen atoms in total. The SMILES string of the molecule is CCC(CC)(CC)C(=O)OC(CC(=O)O)(CC(=O)O)C(=O)O. The Morgan fingerprint density at radius 3 is 1.41 bits per heavy atom. The molecule has 0 amide bonds. The molecular weight excluding hydrogens is 296 g/mol. The van der Waals surface area contributed by atoms with Gasteiger partial charge in [0.05, 0.1) is 18.3 Å². The van der Waals surface area contributed by atoms with E-state index in [1.54, 1.807) is 20.8 Å². The van der Waals surface area contributed by atoms with Crippen molar-refractivity contribution < 1.29 is 39.2 Å². The van der Waals surface area contributed by atoms with E-state index in [0.717, 1.165) is 0 Å². The summed E-state index contributed by atoms with van der Waals surface area (Å²) in [5.74, 6) is -5.80. The summed E-state index contributed by atoms with van der Waals surface area (Å²) in [6.07, 6.45) is -1.13. The summed E-state index contributed by atoms with van der Waals surface area (Å²) in [6, 6.07) is 0. The summed E-state index contributed by atoms with van der Waals surface area (Å²) in [5, 5.41) is 27.0. The van der Waals surface area contributed by atoms with Crippen molar-refractivity contribution in [2.75, 3.05) is 0 Å². The molecule has 0 aliphatic carbocycles. The molecule has 0 radical (unpaired) electrons. The van der Waals surface area contributed by atoms with Crippen molar-refractivity contribution >= 4 is 23.9 Å². The van der Waals surface area contributed by atoms with Crippen LogP contribution >= 0.6 is 0 Å². The van der Waals surface area contributed by atoms with Gasteiger partial charge in [-0.25, -0.2) is 4.79 Å². The van der Waals surface area contributed by atoms with Crippen LogP contribution in [0, 0.1) is 5.41 Å². The molecule has 0 spiro atoms. The summed E-state index contributed by atoms with van der Waals surface area (Å²) in [4.78, 5) is 45.6. The number of ether oxygens (including phenoxy) is 1. The number of carboxylic acids is 3. The third kappa shape index (κ3) is 4.44. The number of hydrogen-bond donors (Lipinski definition) is 3. The van der Waals surface area contributed by atoms with Crippen LogP contribution < -0.4 is 0 Å². The van der Waals surface area contributed by atoms with Crippen LogP contribution in [0.5, 0.6) is 0 Å². The van der Waals surface area contributed by atoms with Gasteiger partial charge in [0.15, 0.2) is 0 Å². The van der Waals surface area contributed by atoms with Gasteiger partial charge in [0.1, 0.15) is 0 Å². The molecule has 0 bridgehead atoms.